The van der Waals surface area contributed by atoms with Crippen molar-refractivity contribution in [2.45, 2.75) is 13.8 Å². The molecule has 0 saturated heterocycles. The topological polar surface area (TPSA) is 12.0 Å². The molecule has 1 heterocycles. The molecule has 1 N–H and O–H groups in total. The molecule has 0 aliphatic heterocycles. The first-order valence-corrected chi connectivity index (χ1v) is 4.90. The second kappa shape index (κ2) is 4.97. The van der Waals surface area contributed by atoms with Crippen molar-refractivity contribution in [1.82, 2.24) is 5.32 Å². The molecule has 1 nitrogen and oxygen atoms in total. The smallest absolute Gasteiger partial charge is 0.0771 e. The van der Waals surface area contributed by atoms with Crippen molar-refractivity contribution < 1.29 is 0 Å². The van der Waals surface area contributed by atoms with E-state index in [4.69, 9.17) is 0 Å². The third kappa shape index (κ3) is 3.08. The van der Waals surface area contributed by atoms with Crippen LogP contribution in [0.2, 0.25) is 0 Å². The van der Waals surface area contributed by atoms with Crippen molar-refractivity contribution >= 4 is 11.3 Å². The molecular formula is C10H13NS. The minimum absolute atomic E-state index is 0.785. The van der Waals surface area contributed by atoms with Crippen LogP contribution in [0.3, 0.4) is 0 Å². The van der Waals surface area contributed by atoms with Crippen LogP contribution >= 0.6 is 11.3 Å². The van der Waals surface area contributed by atoms with E-state index in [9.17, 15) is 0 Å². The summed E-state index contributed by atoms with van der Waals surface area (Å²) < 4.78 is 0. The van der Waals surface area contributed by atoms with Crippen LogP contribution < -0.4 is 5.32 Å². The van der Waals surface area contributed by atoms with E-state index in [0.29, 0.717) is 0 Å². The van der Waals surface area contributed by atoms with E-state index in [1.165, 1.54) is 4.88 Å². The summed E-state index contributed by atoms with van der Waals surface area (Å²) in [6.07, 6.45) is 0. The summed E-state index contributed by atoms with van der Waals surface area (Å²) in [7, 11) is 0. The van der Waals surface area contributed by atoms with Crippen LogP contribution in [-0.2, 0) is 0 Å². The molecule has 64 valence electrons. The van der Waals surface area contributed by atoms with Crippen LogP contribution in [0.25, 0.3) is 0 Å². The van der Waals surface area contributed by atoms with Gasteiger partial charge in [-0.25, -0.2) is 0 Å². The van der Waals surface area contributed by atoms with Gasteiger partial charge >= 0.3 is 0 Å². The lowest BCUT2D eigenvalue weighted by Crippen LogP contribution is -2.11. The van der Waals surface area contributed by atoms with Gasteiger partial charge in [0.15, 0.2) is 0 Å². The van der Waals surface area contributed by atoms with Gasteiger partial charge in [0.25, 0.3) is 0 Å². The lowest BCUT2D eigenvalue weighted by Gasteiger charge is -1.88. The minimum Gasteiger partial charge on any atom is -0.306 e. The molecule has 12 heavy (non-hydrogen) atoms. The van der Waals surface area contributed by atoms with Crippen molar-refractivity contribution in [1.29, 1.82) is 0 Å². The molecule has 1 aromatic heterocycles. The molecule has 2 heteroatoms. The Hall–Kier alpha value is -0.780. The molecule has 0 radical (unpaired) electrons. The predicted octanol–water partition coefficient (Wildman–Crippen LogP) is 2.02. The van der Waals surface area contributed by atoms with Crippen molar-refractivity contribution in [3.63, 3.8) is 0 Å². The zero-order valence-corrected chi connectivity index (χ0v) is 8.29. The summed E-state index contributed by atoms with van der Waals surface area (Å²) >= 11 is 1.74. The molecule has 0 aliphatic rings. The van der Waals surface area contributed by atoms with E-state index in [0.717, 1.165) is 18.0 Å². The number of hydrogen-bond donors (Lipinski definition) is 1. The van der Waals surface area contributed by atoms with Gasteiger partial charge in [0.05, 0.1) is 11.4 Å². The molecule has 0 atom stereocenters. The fourth-order valence-electron chi connectivity index (χ4n) is 0.821. The summed E-state index contributed by atoms with van der Waals surface area (Å²) in [5.41, 5.74) is 0. The van der Waals surface area contributed by atoms with Crippen LogP contribution in [0.15, 0.2) is 12.1 Å². The number of hydrogen-bond acceptors (Lipinski definition) is 2. The monoisotopic (exact) mass is 179 g/mol. The molecular weight excluding hydrogens is 166 g/mol. The van der Waals surface area contributed by atoms with Crippen molar-refractivity contribution in [3.8, 4) is 11.8 Å². The van der Waals surface area contributed by atoms with E-state index in [1.807, 2.05) is 0 Å². The SMILES string of the molecule is CCNCC#Cc1ccc(C)s1. The van der Waals surface area contributed by atoms with Gasteiger partial charge in [-0.1, -0.05) is 18.8 Å². The molecule has 0 unspecified atom stereocenters. The van der Waals surface area contributed by atoms with Gasteiger partial charge in [0, 0.05) is 4.88 Å². The summed E-state index contributed by atoms with van der Waals surface area (Å²) in [6, 6.07) is 4.17. The van der Waals surface area contributed by atoms with Gasteiger partial charge in [-0.05, 0) is 25.6 Å². The van der Waals surface area contributed by atoms with Crippen LogP contribution in [0, 0.1) is 18.8 Å². The van der Waals surface area contributed by atoms with Crippen LogP contribution in [0.5, 0.6) is 0 Å². The molecule has 0 fully saturated rings. The van der Waals surface area contributed by atoms with Crippen LogP contribution in [0.1, 0.15) is 16.7 Å². The predicted molar refractivity (Wildman–Crippen MR) is 54.5 cm³/mol. The maximum atomic E-state index is 3.16. The highest BCUT2D eigenvalue weighted by atomic mass is 32.1. The molecule has 1 rings (SSSR count). The van der Waals surface area contributed by atoms with Gasteiger partial charge < -0.3 is 5.32 Å². The molecule has 0 spiro atoms. The maximum Gasteiger partial charge on any atom is 0.0771 e. The lowest BCUT2D eigenvalue weighted by molar-refractivity contribution is 0.811. The van der Waals surface area contributed by atoms with E-state index in [1.54, 1.807) is 11.3 Å². The highest BCUT2D eigenvalue weighted by Crippen LogP contribution is 2.12. The molecule has 1 aromatic rings. The van der Waals surface area contributed by atoms with Crippen LogP contribution in [-0.4, -0.2) is 13.1 Å². The Morgan fingerprint density at radius 3 is 2.92 bits per heavy atom. The van der Waals surface area contributed by atoms with E-state index in [-0.39, 0.29) is 0 Å². The molecule has 0 aliphatic carbocycles. The summed E-state index contributed by atoms with van der Waals surface area (Å²) in [6.45, 7) is 5.95. The summed E-state index contributed by atoms with van der Waals surface area (Å²) in [4.78, 5) is 2.48. The molecule has 0 bridgehead atoms. The maximum absolute atomic E-state index is 3.16. The lowest BCUT2D eigenvalue weighted by atomic mass is 10.4. The number of aryl methyl sites for hydroxylation is 1. The van der Waals surface area contributed by atoms with E-state index in [2.05, 4.69) is 43.1 Å². The normalized spacial score (nSPS) is 9.17. The molecule has 0 aromatic carbocycles. The third-order valence-corrected chi connectivity index (χ3v) is 2.33. The Morgan fingerprint density at radius 2 is 2.33 bits per heavy atom. The Bertz CT molecular complexity index is 290. The first kappa shape index (κ1) is 9.31. The quantitative estimate of drug-likeness (QED) is 0.541. The highest BCUT2D eigenvalue weighted by molar-refractivity contribution is 7.12. The minimum atomic E-state index is 0.785. The fraction of sp³-hybridized carbons (Fsp3) is 0.400. The summed E-state index contributed by atoms with van der Waals surface area (Å²) in [5.74, 6) is 6.17. The molecule has 0 amide bonds. The standard InChI is InChI=1S/C10H13NS/c1-3-11-8-4-5-10-7-6-9(2)12-10/h6-7,11H,3,8H2,1-2H3. The van der Waals surface area contributed by atoms with Gasteiger partial charge in [-0.2, -0.15) is 0 Å². The number of rotatable bonds is 2. The van der Waals surface area contributed by atoms with E-state index >= 15 is 0 Å². The van der Waals surface area contributed by atoms with E-state index < -0.39 is 0 Å². The Balaban J connectivity index is 2.43. The average Bonchev–Trinajstić information content (AvgIpc) is 2.45. The fourth-order valence-corrected chi connectivity index (χ4v) is 1.56. The first-order chi connectivity index (χ1) is 5.83. The Labute approximate surface area is 77.8 Å². The van der Waals surface area contributed by atoms with Gasteiger partial charge in [-0.3, -0.25) is 0 Å². The largest absolute Gasteiger partial charge is 0.306 e. The zero-order chi connectivity index (χ0) is 8.81. The Kier molecular flexibility index (Phi) is 3.86. The third-order valence-electron chi connectivity index (χ3n) is 1.42. The van der Waals surface area contributed by atoms with Gasteiger partial charge in [0.1, 0.15) is 0 Å². The van der Waals surface area contributed by atoms with Gasteiger partial charge in [-0.15, -0.1) is 11.3 Å². The van der Waals surface area contributed by atoms with Crippen LogP contribution in [0.4, 0.5) is 0 Å². The zero-order valence-electron chi connectivity index (χ0n) is 7.48. The second-order valence-electron chi connectivity index (χ2n) is 2.49. The van der Waals surface area contributed by atoms with Crippen molar-refractivity contribution in [2.75, 3.05) is 13.1 Å². The van der Waals surface area contributed by atoms with Crippen molar-refractivity contribution in [2.24, 2.45) is 0 Å². The Morgan fingerprint density at radius 1 is 1.50 bits per heavy atom. The number of thiophene rings is 1. The second-order valence-corrected chi connectivity index (χ2v) is 3.78. The van der Waals surface area contributed by atoms with Gasteiger partial charge in [0.2, 0.25) is 0 Å². The molecule has 0 saturated carbocycles. The first-order valence-electron chi connectivity index (χ1n) is 4.09. The average molecular weight is 179 g/mol. The van der Waals surface area contributed by atoms with Crippen molar-refractivity contribution in [3.05, 3.63) is 21.9 Å². The summed E-state index contributed by atoms with van der Waals surface area (Å²) in [5, 5.41) is 3.16. The number of nitrogens with one attached hydrogen (secondary N) is 1. The highest BCUT2D eigenvalue weighted by Gasteiger charge is 1.89.